The van der Waals surface area contributed by atoms with Crippen molar-refractivity contribution in [3.05, 3.63) is 36.0 Å². The normalized spacial score (nSPS) is 18.2. The zero-order chi connectivity index (χ0) is 21.5. The Morgan fingerprint density at radius 3 is 2.70 bits per heavy atom. The van der Waals surface area contributed by atoms with Gasteiger partial charge in [0.2, 0.25) is 5.95 Å². The van der Waals surface area contributed by atoms with Gasteiger partial charge in [0.1, 0.15) is 11.4 Å². The van der Waals surface area contributed by atoms with E-state index in [9.17, 15) is 9.59 Å². The van der Waals surface area contributed by atoms with Crippen molar-refractivity contribution in [2.24, 2.45) is 11.5 Å². The van der Waals surface area contributed by atoms with Crippen LogP contribution in [0.5, 0.6) is 0 Å². The van der Waals surface area contributed by atoms with Crippen molar-refractivity contribution < 1.29 is 9.59 Å². The molecule has 2 amide bonds. The van der Waals surface area contributed by atoms with Crippen LogP contribution in [0.15, 0.2) is 30.5 Å². The van der Waals surface area contributed by atoms with Gasteiger partial charge in [-0.05, 0) is 31.0 Å². The van der Waals surface area contributed by atoms with E-state index < -0.39 is 11.8 Å². The van der Waals surface area contributed by atoms with Crippen LogP contribution in [0.1, 0.15) is 36.0 Å². The average Bonchev–Trinajstić information content (AvgIpc) is 2.74. The van der Waals surface area contributed by atoms with Crippen molar-refractivity contribution in [3.8, 4) is 0 Å². The van der Waals surface area contributed by atoms with Crippen molar-refractivity contribution in [1.29, 1.82) is 5.41 Å². The molecule has 1 saturated carbocycles. The molecule has 11 nitrogen and oxygen atoms in total. The molecule has 3 rings (SSSR count). The Hall–Kier alpha value is -3.73. The van der Waals surface area contributed by atoms with Gasteiger partial charge >= 0.3 is 0 Å². The zero-order valence-corrected chi connectivity index (χ0v) is 16.3. The number of carbonyl (C=O) groups is 2. The third-order valence-electron chi connectivity index (χ3n) is 4.77. The lowest BCUT2D eigenvalue weighted by atomic mass is 9.91. The van der Waals surface area contributed by atoms with E-state index in [0.29, 0.717) is 23.5 Å². The van der Waals surface area contributed by atoms with Crippen LogP contribution in [0.2, 0.25) is 0 Å². The largest absolute Gasteiger partial charge is 0.365 e. The van der Waals surface area contributed by atoms with E-state index in [-0.39, 0.29) is 23.5 Å². The monoisotopic (exact) mass is 411 g/mol. The van der Waals surface area contributed by atoms with Crippen LogP contribution in [0.25, 0.3) is 0 Å². The highest BCUT2D eigenvalue weighted by molar-refractivity contribution is 6.25. The van der Waals surface area contributed by atoms with E-state index in [1.165, 1.54) is 6.20 Å². The molecule has 11 heteroatoms. The first kappa shape index (κ1) is 21.0. The first-order valence-electron chi connectivity index (χ1n) is 9.59. The number of benzene rings is 1. The highest BCUT2D eigenvalue weighted by Crippen LogP contribution is 2.24. The van der Waals surface area contributed by atoms with E-state index in [1.54, 1.807) is 24.3 Å². The summed E-state index contributed by atoms with van der Waals surface area (Å²) in [7, 11) is 0. The van der Waals surface area contributed by atoms with Gasteiger partial charge in [-0.1, -0.05) is 18.9 Å². The van der Waals surface area contributed by atoms with E-state index in [4.69, 9.17) is 16.9 Å². The molecule has 0 bridgehead atoms. The van der Waals surface area contributed by atoms with Crippen molar-refractivity contribution in [2.45, 2.75) is 37.8 Å². The molecule has 1 aliphatic carbocycles. The summed E-state index contributed by atoms with van der Waals surface area (Å²) in [6, 6.07) is 7.01. The molecule has 1 aliphatic rings. The molecule has 0 aliphatic heterocycles. The summed E-state index contributed by atoms with van der Waals surface area (Å²) >= 11 is 0. The summed E-state index contributed by atoms with van der Waals surface area (Å²) in [4.78, 5) is 31.6. The fraction of sp³-hybridized carbons (Fsp3) is 0.316. The van der Waals surface area contributed by atoms with E-state index in [0.717, 1.165) is 25.7 Å². The van der Waals surface area contributed by atoms with Gasteiger partial charge in [-0.2, -0.15) is 4.98 Å². The van der Waals surface area contributed by atoms with Crippen LogP contribution < -0.4 is 33.0 Å². The number of nitrogens with one attached hydrogen (secondary N) is 5. The predicted molar refractivity (Wildman–Crippen MR) is 115 cm³/mol. The quantitative estimate of drug-likeness (QED) is 0.248. The second-order valence-corrected chi connectivity index (χ2v) is 6.98. The second-order valence-electron chi connectivity index (χ2n) is 6.98. The predicted octanol–water partition coefficient (Wildman–Crippen LogP) is 1.09. The molecule has 2 aromatic rings. The Kier molecular flexibility index (Phi) is 6.75. The summed E-state index contributed by atoms with van der Waals surface area (Å²) in [5, 5.41) is 13.2. The first-order valence-corrected chi connectivity index (χ1v) is 9.59. The third kappa shape index (κ3) is 5.41. The molecule has 30 heavy (non-hydrogen) atoms. The fourth-order valence-electron chi connectivity index (χ4n) is 3.21. The lowest BCUT2D eigenvalue weighted by Gasteiger charge is -2.29. The molecule has 1 aromatic heterocycles. The van der Waals surface area contributed by atoms with Crippen LogP contribution >= 0.6 is 0 Å². The minimum Gasteiger partial charge on any atom is -0.365 e. The number of hydrogen-bond acceptors (Lipinski definition) is 9. The number of anilines is 4. The zero-order valence-electron chi connectivity index (χ0n) is 16.3. The van der Waals surface area contributed by atoms with Crippen molar-refractivity contribution in [1.82, 2.24) is 15.4 Å². The molecule has 1 fully saturated rings. The Labute approximate surface area is 173 Å². The van der Waals surface area contributed by atoms with Crippen LogP contribution in [0, 0.1) is 5.41 Å². The molecule has 2 atom stereocenters. The summed E-state index contributed by atoms with van der Waals surface area (Å²) < 4.78 is 0. The SMILES string of the molecule is N=CC(=O)NNc1cccc(Nc2nc(N[C@@H]3CCCC[C@@H]3N)ncc2C(N)=O)c1. The van der Waals surface area contributed by atoms with Gasteiger partial charge in [0.05, 0.1) is 11.9 Å². The molecular formula is C19H25N9O2. The molecule has 0 unspecified atom stereocenters. The molecular weight excluding hydrogens is 386 g/mol. The maximum atomic E-state index is 11.8. The summed E-state index contributed by atoms with van der Waals surface area (Å²) in [5.74, 6) is -0.634. The van der Waals surface area contributed by atoms with E-state index in [2.05, 4.69) is 31.5 Å². The molecule has 9 N–H and O–H groups in total. The average molecular weight is 411 g/mol. The topological polar surface area (TPSA) is 184 Å². The van der Waals surface area contributed by atoms with Crippen molar-refractivity contribution in [3.63, 3.8) is 0 Å². The number of hydrogen-bond donors (Lipinski definition) is 7. The molecule has 158 valence electrons. The lowest BCUT2D eigenvalue weighted by molar-refractivity contribution is -0.114. The molecule has 0 spiro atoms. The highest BCUT2D eigenvalue weighted by atomic mass is 16.2. The van der Waals surface area contributed by atoms with E-state index in [1.807, 2.05) is 0 Å². The summed E-state index contributed by atoms with van der Waals surface area (Å²) in [6.45, 7) is 0. The Morgan fingerprint density at radius 2 is 1.97 bits per heavy atom. The number of rotatable bonds is 8. The molecule has 1 heterocycles. The number of primary amides is 1. The Bertz CT molecular complexity index is 934. The minimum absolute atomic E-state index is 0.0218. The van der Waals surface area contributed by atoms with Gasteiger partial charge in [0.15, 0.2) is 0 Å². The molecule has 1 aromatic carbocycles. The Morgan fingerprint density at radius 1 is 1.20 bits per heavy atom. The minimum atomic E-state index is -0.661. The number of amides is 2. The van der Waals surface area contributed by atoms with Gasteiger partial charge in [0.25, 0.3) is 11.8 Å². The number of nitrogens with two attached hydrogens (primary N) is 2. The standard InChI is InChI=1S/C19H25N9O2/c20-9-16(29)28-27-12-5-3-4-11(8-12)24-18-13(17(22)30)10-23-19(26-18)25-15-7-2-1-6-14(15)21/h3-5,8-10,14-15,20,27H,1-2,6-7,21H2,(H2,22,30)(H,28,29)(H2,23,24,25,26)/t14-,15+/m0/s1. The molecule has 0 saturated heterocycles. The highest BCUT2D eigenvalue weighted by Gasteiger charge is 2.23. The van der Waals surface area contributed by atoms with Gasteiger partial charge in [0, 0.05) is 24.0 Å². The van der Waals surface area contributed by atoms with Crippen LogP contribution in [0.3, 0.4) is 0 Å². The third-order valence-corrected chi connectivity index (χ3v) is 4.77. The van der Waals surface area contributed by atoms with Crippen molar-refractivity contribution >= 4 is 41.2 Å². The maximum Gasteiger partial charge on any atom is 0.280 e. The van der Waals surface area contributed by atoms with Crippen LogP contribution in [-0.4, -0.2) is 40.1 Å². The number of hydrazine groups is 1. The number of nitrogens with zero attached hydrogens (tertiary/aromatic N) is 2. The summed E-state index contributed by atoms with van der Waals surface area (Å²) in [6.07, 6.45) is 6.10. The second kappa shape index (κ2) is 9.65. The van der Waals surface area contributed by atoms with E-state index >= 15 is 0 Å². The van der Waals surface area contributed by atoms with Crippen molar-refractivity contribution in [2.75, 3.05) is 16.1 Å². The van der Waals surface area contributed by atoms with Crippen LogP contribution in [-0.2, 0) is 4.79 Å². The fourth-order valence-corrected chi connectivity index (χ4v) is 3.21. The molecule has 0 radical (unpaired) electrons. The van der Waals surface area contributed by atoms with Gasteiger partial charge in [-0.15, -0.1) is 0 Å². The lowest BCUT2D eigenvalue weighted by Crippen LogP contribution is -2.43. The van der Waals surface area contributed by atoms with Gasteiger partial charge < -0.3 is 27.5 Å². The first-order chi connectivity index (χ1) is 14.5. The summed E-state index contributed by atoms with van der Waals surface area (Å²) in [5.41, 5.74) is 18.0. The number of aromatic nitrogens is 2. The number of carbonyl (C=O) groups excluding carboxylic acids is 2. The van der Waals surface area contributed by atoms with Gasteiger partial charge in [-0.3, -0.25) is 20.4 Å². The van der Waals surface area contributed by atoms with Gasteiger partial charge in [-0.25, -0.2) is 4.98 Å². The smallest absolute Gasteiger partial charge is 0.280 e. The maximum absolute atomic E-state index is 11.8. The Balaban J connectivity index is 1.79. The van der Waals surface area contributed by atoms with Crippen LogP contribution in [0.4, 0.5) is 23.1 Å².